The molecule has 0 aliphatic carbocycles. The lowest BCUT2D eigenvalue weighted by atomic mass is 10.0. The normalized spacial score (nSPS) is 13.4. The minimum atomic E-state index is -1.23. The zero-order chi connectivity index (χ0) is 25.5. The molecule has 12 heteroatoms. The highest BCUT2D eigenvalue weighted by atomic mass is 32.2. The molecule has 0 spiro atoms. The van der Waals surface area contributed by atoms with Crippen LogP contribution in [0.5, 0.6) is 5.75 Å². The van der Waals surface area contributed by atoms with Gasteiger partial charge in [0.25, 0.3) is 0 Å². The largest absolute Gasteiger partial charge is 0.508 e. The standard InChI is InChI=1S/C22H35N5O6S/c1-34-11-9-17(26-20(30)16(4-2-3-10-23)25-19(29)13-24)21(31)27-18(22(32)33)12-14-5-7-15(28)8-6-14/h5-8,16-18,28H,2-4,9-13,23-24H2,1H3,(H,25,29)(H,26,30)(H,27,31)(H,32,33). The van der Waals surface area contributed by atoms with E-state index in [1.807, 2.05) is 6.26 Å². The fourth-order valence-corrected chi connectivity index (χ4v) is 3.60. The van der Waals surface area contributed by atoms with Gasteiger partial charge >= 0.3 is 5.97 Å². The maximum absolute atomic E-state index is 12.9. The Morgan fingerprint density at radius 2 is 1.50 bits per heavy atom. The molecule has 3 amide bonds. The third-order valence-corrected chi connectivity index (χ3v) is 5.66. The van der Waals surface area contributed by atoms with Gasteiger partial charge in [0.05, 0.1) is 6.54 Å². The van der Waals surface area contributed by atoms with Crippen LogP contribution >= 0.6 is 11.8 Å². The number of nitrogens with one attached hydrogen (secondary N) is 3. The number of aliphatic carboxylic acids is 1. The number of carboxylic acids is 1. The molecule has 0 aliphatic rings. The Bertz CT molecular complexity index is 807. The van der Waals surface area contributed by atoms with E-state index in [2.05, 4.69) is 16.0 Å². The summed E-state index contributed by atoms with van der Waals surface area (Å²) in [6.07, 6.45) is 3.69. The van der Waals surface area contributed by atoms with Crippen molar-refractivity contribution in [2.45, 2.75) is 50.2 Å². The minimum Gasteiger partial charge on any atom is -0.508 e. The van der Waals surface area contributed by atoms with E-state index < -0.39 is 41.8 Å². The zero-order valence-electron chi connectivity index (χ0n) is 19.3. The number of hydrogen-bond acceptors (Lipinski definition) is 8. The lowest BCUT2D eigenvalue weighted by Crippen LogP contribution is -2.56. The Morgan fingerprint density at radius 1 is 0.912 bits per heavy atom. The van der Waals surface area contributed by atoms with E-state index in [9.17, 15) is 29.4 Å². The monoisotopic (exact) mass is 497 g/mol. The number of amides is 3. The van der Waals surface area contributed by atoms with Crippen molar-refractivity contribution in [2.24, 2.45) is 11.5 Å². The number of carboxylic acid groups (broad SMARTS) is 1. The second kappa shape index (κ2) is 15.9. The molecule has 9 N–H and O–H groups in total. The molecule has 11 nitrogen and oxygen atoms in total. The number of hydrogen-bond donors (Lipinski definition) is 7. The van der Waals surface area contributed by atoms with Crippen LogP contribution in [0.1, 0.15) is 31.2 Å². The maximum atomic E-state index is 12.9. The average molecular weight is 498 g/mol. The van der Waals surface area contributed by atoms with Crippen molar-refractivity contribution in [3.8, 4) is 5.75 Å². The number of phenolic OH excluding ortho intramolecular Hbond substituents is 1. The predicted molar refractivity (Wildman–Crippen MR) is 130 cm³/mol. The number of thioether (sulfide) groups is 1. The number of unbranched alkanes of at least 4 members (excludes halogenated alkanes) is 1. The third kappa shape index (κ3) is 10.9. The Hall–Kier alpha value is -2.83. The quantitative estimate of drug-likeness (QED) is 0.145. The topological polar surface area (TPSA) is 197 Å². The van der Waals surface area contributed by atoms with Crippen LogP contribution in [0, 0.1) is 0 Å². The van der Waals surface area contributed by atoms with E-state index in [0.29, 0.717) is 37.1 Å². The summed E-state index contributed by atoms with van der Waals surface area (Å²) in [6, 6.07) is 2.87. The molecule has 0 saturated carbocycles. The van der Waals surface area contributed by atoms with E-state index in [0.717, 1.165) is 0 Å². The fourth-order valence-electron chi connectivity index (χ4n) is 3.13. The lowest BCUT2D eigenvalue weighted by Gasteiger charge is -2.24. The average Bonchev–Trinajstić information content (AvgIpc) is 2.81. The van der Waals surface area contributed by atoms with Gasteiger partial charge in [0.15, 0.2) is 0 Å². The van der Waals surface area contributed by atoms with Crippen LogP contribution in [0.15, 0.2) is 24.3 Å². The first-order valence-corrected chi connectivity index (χ1v) is 12.4. The van der Waals surface area contributed by atoms with E-state index in [1.165, 1.54) is 23.9 Å². The van der Waals surface area contributed by atoms with E-state index in [1.54, 1.807) is 12.1 Å². The number of benzene rings is 1. The number of rotatable bonds is 16. The van der Waals surface area contributed by atoms with Crippen LogP contribution in [0.4, 0.5) is 0 Å². The summed E-state index contributed by atoms with van der Waals surface area (Å²) in [7, 11) is 0. The van der Waals surface area contributed by atoms with Gasteiger partial charge in [-0.05, 0) is 61.9 Å². The second-order valence-corrected chi connectivity index (χ2v) is 8.71. The first-order valence-electron chi connectivity index (χ1n) is 11.0. The predicted octanol–water partition coefficient (Wildman–Crippen LogP) is -0.685. The van der Waals surface area contributed by atoms with Crippen molar-refractivity contribution >= 4 is 35.5 Å². The van der Waals surface area contributed by atoms with Gasteiger partial charge in [-0.15, -0.1) is 0 Å². The maximum Gasteiger partial charge on any atom is 0.326 e. The van der Waals surface area contributed by atoms with Gasteiger partial charge in [0, 0.05) is 6.42 Å². The van der Waals surface area contributed by atoms with Crippen LogP contribution in [0.2, 0.25) is 0 Å². The molecular weight excluding hydrogens is 462 g/mol. The highest BCUT2D eigenvalue weighted by molar-refractivity contribution is 7.98. The molecule has 0 aliphatic heterocycles. The molecule has 1 rings (SSSR count). The summed E-state index contributed by atoms with van der Waals surface area (Å²) < 4.78 is 0. The van der Waals surface area contributed by atoms with Crippen molar-refractivity contribution in [1.82, 2.24) is 16.0 Å². The summed E-state index contributed by atoms with van der Waals surface area (Å²) in [5.74, 6) is -2.34. The Morgan fingerprint density at radius 3 is 2.03 bits per heavy atom. The lowest BCUT2D eigenvalue weighted by molar-refractivity contribution is -0.142. The number of carbonyl (C=O) groups excluding carboxylic acids is 3. The summed E-state index contributed by atoms with van der Waals surface area (Å²) >= 11 is 1.47. The van der Waals surface area contributed by atoms with Crippen molar-refractivity contribution in [3.05, 3.63) is 29.8 Å². The molecule has 190 valence electrons. The van der Waals surface area contributed by atoms with Gasteiger partial charge in [0.2, 0.25) is 17.7 Å². The molecule has 34 heavy (non-hydrogen) atoms. The molecular formula is C22H35N5O6S. The molecule has 0 saturated heterocycles. The van der Waals surface area contributed by atoms with Gasteiger partial charge in [-0.25, -0.2) is 4.79 Å². The van der Waals surface area contributed by atoms with E-state index >= 15 is 0 Å². The molecule has 3 atom stereocenters. The van der Waals surface area contributed by atoms with E-state index in [-0.39, 0.29) is 25.1 Å². The third-order valence-electron chi connectivity index (χ3n) is 5.02. The smallest absolute Gasteiger partial charge is 0.326 e. The van der Waals surface area contributed by atoms with Gasteiger partial charge in [0.1, 0.15) is 23.9 Å². The summed E-state index contributed by atoms with van der Waals surface area (Å²) in [6.45, 7) is 0.157. The number of carbonyl (C=O) groups is 4. The molecule has 0 bridgehead atoms. The molecule has 1 aromatic rings. The minimum absolute atomic E-state index is 0.00117. The molecule has 0 heterocycles. The second-order valence-electron chi connectivity index (χ2n) is 7.72. The van der Waals surface area contributed by atoms with Gasteiger partial charge < -0.3 is 37.6 Å². The number of phenols is 1. The zero-order valence-corrected chi connectivity index (χ0v) is 20.1. The molecule has 1 aromatic carbocycles. The molecule has 3 unspecified atom stereocenters. The van der Waals surface area contributed by atoms with Crippen molar-refractivity contribution < 1.29 is 29.4 Å². The number of aromatic hydroxyl groups is 1. The SMILES string of the molecule is CSCCC(NC(=O)C(CCCCN)NC(=O)CN)C(=O)NC(Cc1ccc(O)cc1)C(=O)O. The van der Waals surface area contributed by atoms with Crippen LogP contribution in [0.3, 0.4) is 0 Å². The molecule has 0 fully saturated rings. The van der Waals surface area contributed by atoms with Crippen molar-refractivity contribution in [3.63, 3.8) is 0 Å². The van der Waals surface area contributed by atoms with Crippen LogP contribution in [-0.4, -0.2) is 77.1 Å². The number of nitrogens with two attached hydrogens (primary N) is 2. The summed E-state index contributed by atoms with van der Waals surface area (Å²) in [4.78, 5) is 49.3. The molecule has 0 aromatic heterocycles. The summed E-state index contributed by atoms with van der Waals surface area (Å²) in [5.41, 5.74) is 11.5. The van der Waals surface area contributed by atoms with Crippen LogP contribution in [0.25, 0.3) is 0 Å². The van der Waals surface area contributed by atoms with Gasteiger partial charge in [-0.2, -0.15) is 11.8 Å². The fraction of sp³-hybridized carbons (Fsp3) is 0.545. The van der Waals surface area contributed by atoms with Crippen molar-refractivity contribution in [1.29, 1.82) is 0 Å². The Balaban J connectivity index is 2.92. The first-order chi connectivity index (χ1) is 16.2. The molecule has 0 radical (unpaired) electrons. The van der Waals surface area contributed by atoms with Crippen molar-refractivity contribution in [2.75, 3.05) is 25.1 Å². The van der Waals surface area contributed by atoms with Crippen LogP contribution in [-0.2, 0) is 25.6 Å². The Labute approximate surface area is 203 Å². The first kappa shape index (κ1) is 29.2. The highest BCUT2D eigenvalue weighted by Crippen LogP contribution is 2.12. The Kier molecular flexibility index (Phi) is 13.7. The van der Waals surface area contributed by atoms with Crippen LogP contribution < -0.4 is 27.4 Å². The highest BCUT2D eigenvalue weighted by Gasteiger charge is 2.29. The van der Waals surface area contributed by atoms with E-state index in [4.69, 9.17) is 11.5 Å². The van der Waals surface area contributed by atoms with Gasteiger partial charge in [-0.3, -0.25) is 14.4 Å². The van der Waals surface area contributed by atoms with Gasteiger partial charge in [-0.1, -0.05) is 12.1 Å². The summed E-state index contributed by atoms with van der Waals surface area (Å²) in [5, 5.41) is 26.7.